The molecular formula is C13H22N4O. The Morgan fingerprint density at radius 1 is 1.50 bits per heavy atom. The smallest absolute Gasteiger partial charge is 0.293 e. The van der Waals surface area contributed by atoms with Crippen LogP contribution in [0.1, 0.15) is 39.2 Å². The fraction of sp³-hybridized carbons (Fsp3) is 0.692. The predicted octanol–water partition coefficient (Wildman–Crippen LogP) is 1.14. The molecule has 0 aromatic carbocycles. The molecule has 2 N–H and O–H groups in total. The second-order valence-electron chi connectivity index (χ2n) is 5.14. The van der Waals surface area contributed by atoms with E-state index < -0.39 is 0 Å². The first-order chi connectivity index (χ1) is 8.65. The van der Waals surface area contributed by atoms with Gasteiger partial charge in [-0.15, -0.1) is 0 Å². The van der Waals surface area contributed by atoms with Gasteiger partial charge in [-0.25, -0.2) is 4.98 Å². The van der Waals surface area contributed by atoms with E-state index in [9.17, 15) is 4.79 Å². The van der Waals surface area contributed by atoms with Crippen molar-refractivity contribution in [1.29, 1.82) is 0 Å². The number of nitrogens with zero attached hydrogens (tertiary/aromatic N) is 3. The molecule has 5 heteroatoms. The summed E-state index contributed by atoms with van der Waals surface area (Å²) in [5.41, 5.74) is 5.79. The summed E-state index contributed by atoms with van der Waals surface area (Å²) in [5.74, 6) is 0.557. The summed E-state index contributed by atoms with van der Waals surface area (Å²) in [5, 5.41) is 0. The van der Waals surface area contributed by atoms with Crippen molar-refractivity contribution >= 4 is 5.82 Å². The minimum Gasteiger partial charge on any atom is -0.348 e. The lowest BCUT2D eigenvalue weighted by Gasteiger charge is -2.35. The van der Waals surface area contributed by atoms with Gasteiger partial charge in [0.1, 0.15) is 0 Å². The molecule has 1 aliphatic rings. The van der Waals surface area contributed by atoms with Crippen molar-refractivity contribution < 1.29 is 0 Å². The minimum atomic E-state index is -0.00662. The van der Waals surface area contributed by atoms with Gasteiger partial charge in [-0.1, -0.05) is 0 Å². The van der Waals surface area contributed by atoms with Crippen LogP contribution in [0.25, 0.3) is 0 Å². The molecule has 5 nitrogen and oxygen atoms in total. The van der Waals surface area contributed by atoms with Crippen LogP contribution in [0.15, 0.2) is 17.2 Å². The Morgan fingerprint density at radius 3 is 2.94 bits per heavy atom. The maximum Gasteiger partial charge on any atom is 0.293 e. The maximum absolute atomic E-state index is 12.4. The maximum atomic E-state index is 12.4. The van der Waals surface area contributed by atoms with Gasteiger partial charge in [0.05, 0.1) is 0 Å². The molecule has 1 saturated heterocycles. The molecule has 1 fully saturated rings. The second kappa shape index (κ2) is 5.52. The molecule has 0 radical (unpaired) electrons. The van der Waals surface area contributed by atoms with Gasteiger partial charge in [-0.3, -0.25) is 4.79 Å². The van der Waals surface area contributed by atoms with Gasteiger partial charge >= 0.3 is 0 Å². The van der Waals surface area contributed by atoms with E-state index in [1.807, 2.05) is 13.8 Å². The zero-order chi connectivity index (χ0) is 13.1. The van der Waals surface area contributed by atoms with Crippen LogP contribution in [0, 0.1) is 0 Å². The Balaban J connectivity index is 2.38. The summed E-state index contributed by atoms with van der Waals surface area (Å²) in [4.78, 5) is 18.8. The van der Waals surface area contributed by atoms with E-state index in [0.29, 0.717) is 12.4 Å². The topological polar surface area (TPSA) is 64.2 Å². The van der Waals surface area contributed by atoms with Gasteiger partial charge in [-0.2, -0.15) is 0 Å². The summed E-state index contributed by atoms with van der Waals surface area (Å²) in [6.45, 7) is 5.47. The Labute approximate surface area is 108 Å². The lowest BCUT2D eigenvalue weighted by Crippen LogP contribution is -2.47. The molecule has 2 heterocycles. The fourth-order valence-corrected chi connectivity index (χ4v) is 2.54. The lowest BCUT2D eigenvalue weighted by atomic mass is 10.0. The molecule has 100 valence electrons. The monoisotopic (exact) mass is 250 g/mol. The van der Waals surface area contributed by atoms with Crippen LogP contribution in [0.3, 0.4) is 0 Å². The van der Waals surface area contributed by atoms with Crippen LogP contribution in [-0.2, 0) is 0 Å². The van der Waals surface area contributed by atoms with Gasteiger partial charge in [-0.05, 0) is 33.1 Å². The average molecular weight is 250 g/mol. The fourth-order valence-electron chi connectivity index (χ4n) is 2.54. The van der Waals surface area contributed by atoms with E-state index >= 15 is 0 Å². The van der Waals surface area contributed by atoms with Gasteiger partial charge in [0.25, 0.3) is 5.56 Å². The molecule has 2 rings (SSSR count). The first-order valence-corrected chi connectivity index (χ1v) is 6.69. The van der Waals surface area contributed by atoms with Crippen LogP contribution in [-0.4, -0.2) is 28.7 Å². The molecule has 0 spiro atoms. The Hall–Kier alpha value is -1.36. The Bertz CT molecular complexity index is 455. The first-order valence-electron chi connectivity index (χ1n) is 6.69. The second-order valence-corrected chi connectivity index (χ2v) is 5.14. The molecule has 0 bridgehead atoms. The third kappa shape index (κ3) is 2.41. The molecule has 1 aromatic rings. The molecule has 0 amide bonds. The number of piperidine rings is 1. The van der Waals surface area contributed by atoms with E-state index in [1.54, 1.807) is 17.0 Å². The Morgan fingerprint density at radius 2 is 2.28 bits per heavy atom. The number of aromatic nitrogens is 2. The van der Waals surface area contributed by atoms with Gasteiger partial charge in [0.15, 0.2) is 5.82 Å². The summed E-state index contributed by atoms with van der Waals surface area (Å²) in [6, 6.07) is 0.405. The minimum absolute atomic E-state index is 0.00662. The van der Waals surface area contributed by atoms with Gasteiger partial charge in [0, 0.05) is 37.6 Å². The van der Waals surface area contributed by atoms with Crippen molar-refractivity contribution in [2.75, 3.05) is 18.0 Å². The van der Waals surface area contributed by atoms with E-state index in [4.69, 9.17) is 5.73 Å². The molecule has 1 aromatic heterocycles. The number of rotatable bonds is 3. The predicted molar refractivity (Wildman–Crippen MR) is 72.9 cm³/mol. The molecule has 1 unspecified atom stereocenters. The molecule has 1 atom stereocenters. The molecule has 1 aliphatic heterocycles. The summed E-state index contributed by atoms with van der Waals surface area (Å²) >= 11 is 0. The van der Waals surface area contributed by atoms with Crippen LogP contribution in [0.2, 0.25) is 0 Å². The largest absolute Gasteiger partial charge is 0.348 e. The van der Waals surface area contributed by atoms with Crippen molar-refractivity contribution in [2.45, 2.75) is 45.2 Å². The summed E-state index contributed by atoms with van der Waals surface area (Å²) in [6.07, 6.45) is 6.79. The molecular weight excluding hydrogens is 228 g/mol. The van der Waals surface area contributed by atoms with Gasteiger partial charge in [0.2, 0.25) is 0 Å². The van der Waals surface area contributed by atoms with E-state index in [0.717, 1.165) is 19.4 Å². The van der Waals surface area contributed by atoms with Crippen molar-refractivity contribution in [3.05, 3.63) is 22.7 Å². The van der Waals surface area contributed by atoms with Crippen molar-refractivity contribution in [1.82, 2.24) is 9.55 Å². The summed E-state index contributed by atoms with van der Waals surface area (Å²) < 4.78 is 1.73. The van der Waals surface area contributed by atoms with Crippen LogP contribution in [0.5, 0.6) is 0 Å². The Kier molecular flexibility index (Phi) is 4.01. The van der Waals surface area contributed by atoms with Crippen LogP contribution >= 0.6 is 0 Å². The molecule has 18 heavy (non-hydrogen) atoms. The van der Waals surface area contributed by atoms with Gasteiger partial charge < -0.3 is 15.2 Å². The van der Waals surface area contributed by atoms with Crippen molar-refractivity contribution in [2.24, 2.45) is 5.73 Å². The average Bonchev–Trinajstić information content (AvgIpc) is 2.38. The molecule has 0 saturated carbocycles. The number of nitrogens with two attached hydrogens (primary N) is 1. The highest BCUT2D eigenvalue weighted by atomic mass is 16.1. The highest BCUT2D eigenvalue weighted by molar-refractivity contribution is 5.38. The third-order valence-electron chi connectivity index (χ3n) is 3.58. The first kappa shape index (κ1) is 13.1. The normalized spacial score (nSPS) is 20.4. The zero-order valence-corrected chi connectivity index (χ0v) is 11.2. The zero-order valence-electron chi connectivity index (χ0n) is 11.2. The lowest BCUT2D eigenvalue weighted by molar-refractivity contribution is 0.456. The van der Waals surface area contributed by atoms with E-state index in [1.165, 1.54) is 6.42 Å². The summed E-state index contributed by atoms with van der Waals surface area (Å²) in [7, 11) is 0. The SMILES string of the molecule is CC(C)n1ccnc(N2CCCCC2CN)c1=O. The number of anilines is 1. The highest BCUT2D eigenvalue weighted by Crippen LogP contribution is 2.20. The number of hydrogen-bond donors (Lipinski definition) is 1. The van der Waals surface area contributed by atoms with Crippen LogP contribution < -0.4 is 16.2 Å². The van der Waals surface area contributed by atoms with Crippen molar-refractivity contribution in [3.8, 4) is 0 Å². The van der Waals surface area contributed by atoms with E-state index in [-0.39, 0.29) is 17.6 Å². The quantitative estimate of drug-likeness (QED) is 0.873. The standard InChI is InChI=1S/C13H22N4O/c1-10(2)16-8-6-15-12(13(16)18)17-7-4-3-5-11(17)9-14/h6,8,10-11H,3-5,7,9,14H2,1-2H3. The van der Waals surface area contributed by atoms with E-state index in [2.05, 4.69) is 9.88 Å². The highest BCUT2D eigenvalue weighted by Gasteiger charge is 2.25. The molecule has 0 aliphatic carbocycles. The van der Waals surface area contributed by atoms with Crippen LogP contribution in [0.4, 0.5) is 5.82 Å². The third-order valence-corrected chi connectivity index (χ3v) is 3.58. The number of hydrogen-bond acceptors (Lipinski definition) is 4. The van der Waals surface area contributed by atoms with Crippen molar-refractivity contribution in [3.63, 3.8) is 0 Å².